The van der Waals surface area contributed by atoms with Gasteiger partial charge in [0, 0.05) is 11.1 Å². The van der Waals surface area contributed by atoms with Gasteiger partial charge in [-0.05, 0) is 30.3 Å². The third kappa shape index (κ3) is 3.21. The summed E-state index contributed by atoms with van der Waals surface area (Å²) in [5.74, 6) is -0.152. The van der Waals surface area contributed by atoms with Crippen LogP contribution in [0.5, 0.6) is 5.75 Å². The predicted octanol–water partition coefficient (Wildman–Crippen LogP) is 4.00. The Hall–Kier alpha value is -1.78. The van der Waals surface area contributed by atoms with Crippen LogP contribution in [0, 0.1) is 11.2 Å². The van der Waals surface area contributed by atoms with Crippen molar-refractivity contribution < 1.29 is 9.13 Å². The van der Waals surface area contributed by atoms with Gasteiger partial charge in [0.1, 0.15) is 24.0 Å². The second kappa shape index (κ2) is 6.11. The molecule has 0 amide bonds. The van der Waals surface area contributed by atoms with Gasteiger partial charge in [-0.1, -0.05) is 29.3 Å². The van der Waals surface area contributed by atoms with Gasteiger partial charge in [0.15, 0.2) is 0 Å². The van der Waals surface area contributed by atoms with Crippen molar-refractivity contribution in [3.63, 3.8) is 0 Å². The fourth-order valence-corrected chi connectivity index (χ4v) is 2.06. The van der Waals surface area contributed by atoms with E-state index < -0.39 is 5.82 Å². The Morgan fingerprint density at radius 1 is 1.20 bits per heavy atom. The topological polar surface area (TPSA) is 59.1 Å². The predicted molar refractivity (Wildman–Crippen MR) is 78.2 cm³/mol. The van der Waals surface area contributed by atoms with Crippen LogP contribution in [0.3, 0.4) is 0 Å². The molecular weight excluding hydrogens is 302 g/mol. The highest BCUT2D eigenvalue weighted by Gasteiger charge is 2.10. The molecule has 0 unspecified atom stereocenters. The normalized spacial score (nSPS) is 10.3. The molecule has 0 saturated carbocycles. The number of rotatable bonds is 4. The van der Waals surface area contributed by atoms with Gasteiger partial charge in [0.05, 0.1) is 10.0 Å². The molecule has 0 spiro atoms. The summed E-state index contributed by atoms with van der Waals surface area (Å²) in [6.45, 7) is -0.0371. The number of nitrogen functional groups attached to an aromatic ring is 1. The van der Waals surface area contributed by atoms with E-state index in [1.165, 1.54) is 18.2 Å². The maximum Gasteiger partial charge on any atom is 0.138 e. The lowest BCUT2D eigenvalue weighted by atomic mass is 10.2. The molecule has 0 heterocycles. The van der Waals surface area contributed by atoms with E-state index in [-0.39, 0.29) is 18.0 Å². The molecule has 0 aromatic heterocycles. The molecule has 3 nitrogen and oxygen atoms in total. The lowest BCUT2D eigenvalue weighted by Crippen LogP contribution is -2.10. The summed E-state index contributed by atoms with van der Waals surface area (Å²) >= 11 is 11.9. The number of amidine groups is 1. The third-order valence-electron chi connectivity index (χ3n) is 2.68. The number of halogens is 3. The molecule has 2 aromatic rings. The first-order valence-electron chi connectivity index (χ1n) is 5.68. The van der Waals surface area contributed by atoms with Crippen molar-refractivity contribution in [1.82, 2.24) is 0 Å². The molecule has 0 bridgehead atoms. The van der Waals surface area contributed by atoms with Crippen molar-refractivity contribution in [1.29, 1.82) is 5.41 Å². The van der Waals surface area contributed by atoms with Crippen molar-refractivity contribution in [3.05, 3.63) is 63.4 Å². The SMILES string of the molecule is N=C(N)c1ccc(OCc2c(F)cccc2Cl)c(Cl)c1. The summed E-state index contributed by atoms with van der Waals surface area (Å²) < 4.78 is 19.0. The van der Waals surface area contributed by atoms with Gasteiger partial charge in [-0.2, -0.15) is 0 Å². The second-order valence-corrected chi connectivity index (χ2v) is 4.86. The molecule has 0 aliphatic rings. The fraction of sp³-hybridized carbons (Fsp3) is 0.0714. The summed E-state index contributed by atoms with van der Waals surface area (Å²) in [5.41, 5.74) is 6.11. The fourth-order valence-electron chi connectivity index (χ4n) is 1.61. The Labute approximate surface area is 125 Å². The van der Waals surface area contributed by atoms with Crippen molar-refractivity contribution in [2.75, 3.05) is 0 Å². The zero-order valence-corrected chi connectivity index (χ0v) is 11.8. The molecule has 0 aliphatic heterocycles. The summed E-state index contributed by atoms with van der Waals surface area (Å²) in [7, 11) is 0. The lowest BCUT2D eigenvalue weighted by molar-refractivity contribution is 0.300. The molecule has 0 atom stereocenters. The minimum Gasteiger partial charge on any atom is -0.487 e. The summed E-state index contributed by atoms with van der Waals surface area (Å²) in [6.07, 6.45) is 0. The number of nitrogens with one attached hydrogen (secondary N) is 1. The monoisotopic (exact) mass is 312 g/mol. The van der Waals surface area contributed by atoms with E-state index in [2.05, 4.69) is 0 Å². The van der Waals surface area contributed by atoms with E-state index in [1.807, 2.05) is 0 Å². The lowest BCUT2D eigenvalue weighted by Gasteiger charge is -2.11. The van der Waals surface area contributed by atoms with Crippen molar-refractivity contribution >= 4 is 29.0 Å². The molecule has 0 radical (unpaired) electrons. The van der Waals surface area contributed by atoms with E-state index in [9.17, 15) is 4.39 Å². The van der Waals surface area contributed by atoms with Crippen LogP contribution in [0.25, 0.3) is 0 Å². The van der Waals surface area contributed by atoms with Crippen LogP contribution in [0.1, 0.15) is 11.1 Å². The third-order valence-corrected chi connectivity index (χ3v) is 3.33. The highest BCUT2D eigenvalue weighted by Crippen LogP contribution is 2.27. The maximum atomic E-state index is 13.6. The van der Waals surface area contributed by atoms with Crippen LogP contribution < -0.4 is 10.5 Å². The quantitative estimate of drug-likeness (QED) is 0.662. The van der Waals surface area contributed by atoms with Gasteiger partial charge >= 0.3 is 0 Å². The highest BCUT2D eigenvalue weighted by molar-refractivity contribution is 6.32. The van der Waals surface area contributed by atoms with E-state index >= 15 is 0 Å². The van der Waals surface area contributed by atoms with Gasteiger partial charge in [-0.3, -0.25) is 5.41 Å². The van der Waals surface area contributed by atoms with Crippen LogP contribution in [0.15, 0.2) is 36.4 Å². The van der Waals surface area contributed by atoms with Crippen molar-refractivity contribution in [2.45, 2.75) is 6.61 Å². The zero-order valence-electron chi connectivity index (χ0n) is 10.3. The van der Waals surface area contributed by atoms with Gasteiger partial charge < -0.3 is 10.5 Å². The Balaban J connectivity index is 2.17. The molecule has 20 heavy (non-hydrogen) atoms. The Bertz CT molecular complexity index is 641. The maximum absolute atomic E-state index is 13.6. The molecule has 3 N–H and O–H groups in total. The number of benzene rings is 2. The van der Waals surface area contributed by atoms with Crippen LogP contribution in [-0.4, -0.2) is 5.84 Å². The highest BCUT2D eigenvalue weighted by atomic mass is 35.5. The molecule has 6 heteroatoms. The summed E-state index contributed by atoms with van der Waals surface area (Å²) in [4.78, 5) is 0. The average Bonchev–Trinajstić information content (AvgIpc) is 2.39. The smallest absolute Gasteiger partial charge is 0.138 e. The Kier molecular flexibility index (Phi) is 4.47. The van der Waals surface area contributed by atoms with E-state index in [4.69, 9.17) is 39.1 Å². The van der Waals surface area contributed by atoms with Gasteiger partial charge in [0.2, 0.25) is 0 Å². The molecule has 0 fully saturated rings. The zero-order chi connectivity index (χ0) is 14.7. The van der Waals surface area contributed by atoms with Crippen LogP contribution >= 0.6 is 23.2 Å². The summed E-state index contributed by atoms with van der Waals surface area (Å²) in [5, 5.41) is 7.90. The number of hydrogen-bond donors (Lipinski definition) is 2. The largest absolute Gasteiger partial charge is 0.487 e. The van der Waals surface area contributed by atoms with E-state index in [0.29, 0.717) is 21.4 Å². The van der Waals surface area contributed by atoms with E-state index in [1.54, 1.807) is 18.2 Å². The first kappa shape index (κ1) is 14.6. The standard InChI is InChI=1S/C14H11Cl2FN2O/c15-10-2-1-3-12(17)9(10)7-20-13-5-4-8(14(18)19)6-11(13)16/h1-6H,7H2,(H3,18,19). The molecule has 0 saturated heterocycles. The Morgan fingerprint density at radius 2 is 1.95 bits per heavy atom. The number of hydrogen-bond acceptors (Lipinski definition) is 2. The Morgan fingerprint density at radius 3 is 2.55 bits per heavy atom. The first-order valence-corrected chi connectivity index (χ1v) is 6.44. The van der Waals surface area contributed by atoms with Crippen molar-refractivity contribution in [2.24, 2.45) is 5.73 Å². The van der Waals surface area contributed by atoms with Crippen LogP contribution in [-0.2, 0) is 6.61 Å². The van der Waals surface area contributed by atoms with Gasteiger partial charge in [0.25, 0.3) is 0 Å². The first-order chi connectivity index (χ1) is 9.49. The molecular formula is C14H11Cl2FN2O. The van der Waals surface area contributed by atoms with Crippen molar-refractivity contribution in [3.8, 4) is 5.75 Å². The van der Waals surface area contributed by atoms with Crippen LogP contribution in [0.4, 0.5) is 4.39 Å². The molecule has 0 aliphatic carbocycles. The number of nitrogens with two attached hydrogens (primary N) is 1. The van der Waals surface area contributed by atoms with E-state index in [0.717, 1.165) is 0 Å². The molecule has 2 rings (SSSR count). The molecule has 104 valence electrons. The number of ether oxygens (including phenoxy) is 1. The van der Waals surface area contributed by atoms with Gasteiger partial charge in [-0.25, -0.2) is 4.39 Å². The second-order valence-electron chi connectivity index (χ2n) is 4.05. The van der Waals surface area contributed by atoms with Crippen LogP contribution in [0.2, 0.25) is 10.0 Å². The molecule has 2 aromatic carbocycles. The average molecular weight is 313 g/mol. The van der Waals surface area contributed by atoms with Gasteiger partial charge in [-0.15, -0.1) is 0 Å². The minimum atomic E-state index is -0.436. The summed E-state index contributed by atoms with van der Waals surface area (Å²) in [6, 6.07) is 9.12. The minimum absolute atomic E-state index is 0.0371.